The number of methoxy groups -OCH3 is 1. The third-order valence-corrected chi connectivity index (χ3v) is 5.67. The minimum absolute atomic E-state index is 0.0264. The van der Waals surface area contributed by atoms with Crippen LogP contribution in [0.1, 0.15) is 23.6 Å². The lowest BCUT2D eigenvalue weighted by Gasteiger charge is -2.14. The molecule has 9 heteroatoms. The van der Waals surface area contributed by atoms with Crippen LogP contribution >= 0.6 is 15.9 Å². The predicted octanol–water partition coefficient (Wildman–Crippen LogP) is 6.05. The maximum Gasteiger partial charge on any atom is 0.269 e. The number of nitro groups is 1. The molecule has 0 aliphatic carbocycles. The Morgan fingerprint density at radius 2 is 1.97 bits per heavy atom. The van der Waals surface area contributed by atoms with Crippen LogP contribution in [0.3, 0.4) is 0 Å². The number of nitriles is 1. The van der Waals surface area contributed by atoms with Gasteiger partial charge in [-0.15, -0.1) is 0 Å². The number of rotatable bonds is 9. The van der Waals surface area contributed by atoms with Crippen LogP contribution in [-0.4, -0.2) is 17.9 Å². The smallest absolute Gasteiger partial charge is 0.269 e. The molecule has 0 aliphatic heterocycles. The fourth-order valence-corrected chi connectivity index (χ4v) is 3.91. The first-order valence-electron chi connectivity index (χ1n) is 10.6. The summed E-state index contributed by atoms with van der Waals surface area (Å²) < 4.78 is 11.8. The van der Waals surface area contributed by atoms with E-state index in [2.05, 4.69) is 21.2 Å². The number of nitrogens with one attached hydrogen (secondary N) is 1. The predicted molar refractivity (Wildman–Crippen MR) is 136 cm³/mol. The van der Waals surface area contributed by atoms with Crippen LogP contribution in [0.4, 0.5) is 11.4 Å². The van der Waals surface area contributed by atoms with Gasteiger partial charge in [-0.1, -0.05) is 37.3 Å². The van der Waals surface area contributed by atoms with E-state index in [1.165, 1.54) is 25.3 Å². The van der Waals surface area contributed by atoms with Crippen molar-refractivity contribution in [2.45, 2.75) is 20.0 Å². The fraction of sp³-hybridized carbons (Fsp3) is 0.154. The molecule has 0 aromatic heterocycles. The molecule has 0 saturated heterocycles. The molecule has 0 saturated carbocycles. The first kappa shape index (κ1) is 25.5. The molecule has 0 unspecified atom stereocenters. The third-order valence-electron chi connectivity index (χ3n) is 5.08. The van der Waals surface area contributed by atoms with Crippen LogP contribution in [-0.2, 0) is 17.8 Å². The minimum Gasteiger partial charge on any atom is -0.493 e. The highest BCUT2D eigenvalue weighted by molar-refractivity contribution is 9.10. The Kier molecular flexibility index (Phi) is 8.59. The number of anilines is 1. The second kappa shape index (κ2) is 11.8. The summed E-state index contributed by atoms with van der Waals surface area (Å²) in [6, 6.07) is 18.8. The van der Waals surface area contributed by atoms with Gasteiger partial charge in [0.25, 0.3) is 11.6 Å². The number of nitrogens with zero attached hydrogens (tertiary/aromatic N) is 2. The van der Waals surface area contributed by atoms with Crippen LogP contribution in [0.15, 0.2) is 70.7 Å². The van der Waals surface area contributed by atoms with Gasteiger partial charge in [0.2, 0.25) is 0 Å². The van der Waals surface area contributed by atoms with Gasteiger partial charge in [-0.3, -0.25) is 14.9 Å². The zero-order valence-electron chi connectivity index (χ0n) is 19.1. The Morgan fingerprint density at radius 1 is 1.20 bits per heavy atom. The molecule has 0 atom stereocenters. The number of halogens is 1. The molecule has 35 heavy (non-hydrogen) atoms. The monoisotopic (exact) mass is 535 g/mol. The molecular formula is C26H22BrN3O5. The van der Waals surface area contributed by atoms with Gasteiger partial charge >= 0.3 is 0 Å². The number of aryl methyl sites for hydroxylation is 1. The van der Waals surface area contributed by atoms with Crippen molar-refractivity contribution in [3.63, 3.8) is 0 Å². The number of carbonyl (C=O) groups excluding carboxylic acids is 1. The Morgan fingerprint density at radius 3 is 2.66 bits per heavy atom. The van der Waals surface area contributed by atoms with Gasteiger partial charge in [0.15, 0.2) is 11.5 Å². The Labute approximate surface area is 211 Å². The molecular weight excluding hydrogens is 514 g/mol. The number of para-hydroxylation sites is 1. The highest BCUT2D eigenvalue weighted by Crippen LogP contribution is 2.38. The number of amides is 1. The highest BCUT2D eigenvalue weighted by atomic mass is 79.9. The number of carbonyl (C=O) groups is 1. The molecule has 0 bridgehead atoms. The van der Waals surface area contributed by atoms with E-state index < -0.39 is 10.8 Å². The maximum atomic E-state index is 12.7. The van der Waals surface area contributed by atoms with Gasteiger partial charge in [-0.2, -0.15) is 5.26 Å². The molecule has 0 spiro atoms. The van der Waals surface area contributed by atoms with Crippen LogP contribution in [0.25, 0.3) is 6.08 Å². The normalized spacial score (nSPS) is 10.9. The molecule has 1 N–H and O–H groups in total. The third kappa shape index (κ3) is 6.46. The zero-order chi connectivity index (χ0) is 25.4. The molecule has 3 rings (SSSR count). The lowest BCUT2D eigenvalue weighted by molar-refractivity contribution is -0.384. The number of hydrogen-bond acceptors (Lipinski definition) is 6. The van der Waals surface area contributed by atoms with E-state index in [9.17, 15) is 20.2 Å². The van der Waals surface area contributed by atoms with Crippen molar-refractivity contribution in [3.05, 3.63) is 97.5 Å². The summed E-state index contributed by atoms with van der Waals surface area (Å²) in [5.41, 5.74) is 2.69. The van der Waals surface area contributed by atoms with Gasteiger partial charge in [0.1, 0.15) is 18.2 Å². The van der Waals surface area contributed by atoms with E-state index in [0.717, 1.165) is 12.0 Å². The van der Waals surface area contributed by atoms with E-state index in [4.69, 9.17) is 9.47 Å². The van der Waals surface area contributed by atoms with E-state index in [1.54, 1.807) is 30.3 Å². The van der Waals surface area contributed by atoms with Gasteiger partial charge in [-0.05, 0) is 63.3 Å². The van der Waals surface area contributed by atoms with Crippen molar-refractivity contribution in [2.24, 2.45) is 0 Å². The van der Waals surface area contributed by atoms with E-state index in [1.807, 2.05) is 31.2 Å². The number of ether oxygens (including phenoxy) is 2. The molecule has 0 fully saturated rings. The fourth-order valence-electron chi connectivity index (χ4n) is 3.33. The number of nitro benzene ring substituents is 1. The first-order valence-corrected chi connectivity index (χ1v) is 11.4. The number of hydrogen-bond donors (Lipinski definition) is 1. The Bertz CT molecular complexity index is 1330. The second-order valence-electron chi connectivity index (χ2n) is 7.38. The second-order valence-corrected chi connectivity index (χ2v) is 8.24. The first-order chi connectivity index (χ1) is 16.9. The summed E-state index contributed by atoms with van der Waals surface area (Å²) in [7, 11) is 1.47. The van der Waals surface area contributed by atoms with Crippen molar-refractivity contribution < 1.29 is 19.2 Å². The minimum atomic E-state index is -0.519. The molecule has 1 amide bonds. The summed E-state index contributed by atoms with van der Waals surface area (Å²) in [5.74, 6) is 0.232. The maximum absolute atomic E-state index is 12.7. The number of non-ortho nitro benzene ring substituents is 1. The highest BCUT2D eigenvalue weighted by Gasteiger charge is 2.15. The quantitative estimate of drug-likeness (QED) is 0.154. The molecule has 0 radical (unpaired) electrons. The van der Waals surface area contributed by atoms with Crippen LogP contribution < -0.4 is 14.8 Å². The van der Waals surface area contributed by atoms with E-state index >= 15 is 0 Å². The van der Waals surface area contributed by atoms with Crippen molar-refractivity contribution in [1.29, 1.82) is 5.26 Å². The van der Waals surface area contributed by atoms with Crippen LogP contribution in [0, 0.1) is 21.4 Å². The Balaban J connectivity index is 1.83. The van der Waals surface area contributed by atoms with E-state index in [0.29, 0.717) is 32.8 Å². The zero-order valence-corrected chi connectivity index (χ0v) is 20.7. The standard InChI is InChI=1S/C26H22BrN3O5/c1-3-19-8-4-5-10-23(19)29-26(31)20(15-28)11-18-13-22(27)25(24(14-18)34-2)35-16-17-7-6-9-21(12-17)30(32)33/h4-14H,3,16H2,1-2H3,(H,29,31)/b20-11+. The Hall–Kier alpha value is -4.16. The topological polar surface area (TPSA) is 114 Å². The van der Waals surface area contributed by atoms with Gasteiger partial charge in [-0.25, -0.2) is 0 Å². The summed E-state index contributed by atoms with van der Waals surface area (Å²) in [6.07, 6.45) is 2.20. The molecule has 0 heterocycles. The van der Waals surface area contributed by atoms with Crippen molar-refractivity contribution in [2.75, 3.05) is 12.4 Å². The van der Waals surface area contributed by atoms with Crippen molar-refractivity contribution in [1.82, 2.24) is 0 Å². The number of benzene rings is 3. The molecule has 3 aromatic rings. The molecule has 3 aromatic carbocycles. The summed E-state index contributed by atoms with van der Waals surface area (Å²) in [6.45, 7) is 2.06. The van der Waals surface area contributed by atoms with Crippen LogP contribution in [0.2, 0.25) is 0 Å². The van der Waals surface area contributed by atoms with Crippen LogP contribution in [0.5, 0.6) is 11.5 Å². The SMILES string of the molecule is CCc1ccccc1NC(=O)/C(C#N)=C/c1cc(Br)c(OCc2cccc([N+](=O)[O-])c2)c(OC)c1. The molecule has 8 nitrogen and oxygen atoms in total. The van der Waals surface area contributed by atoms with Crippen molar-refractivity contribution >= 4 is 39.3 Å². The molecule has 0 aliphatic rings. The van der Waals surface area contributed by atoms with E-state index in [-0.39, 0.29) is 17.9 Å². The summed E-state index contributed by atoms with van der Waals surface area (Å²) >= 11 is 3.45. The largest absolute Gasteiger partial charge is 0.493 e. The average Bonchev–Trinajstić information content (AvgIpc) is 2.86. The van der Waals surface area contributed by atoms with Gasteiger partial charge < -0.3 is 14.8 Å². The summed E-state index contributed by atoms with van der Waals surface area (Å²) in [4.78, 5) is 23.3. The lowest BCUT2D eigenvalue weighted by Crippen LogP contribution is -2.14. The average molecular weight is 536 g/mol. The lowest BCUT2D eigenvalue weighted by atomic mass is 10.1. The van der Waals surface area contributed by atoms with Gasteiger partial charge in [0, 0.05) is 17.8 Å². The summed E-state index contributed by atoms with van der Waals surface area (Å²) in [5, 5.41) is 23.4. The van der Waals surface area contributed by atoms with Crippen molar-refractivity contribution in [3.8, 4) is 17.6 Å². The molecule has 178 valence electrons. The van der Waals surface area contributed by atoms with Gasteiger partial charge in [0.05, 0.1) is 16.5 Å².